The number of aryl methyl sites for hydroxylation is 2. The average Bonchev–Trinajstić information content (AvgIpc) is 3.06. The number of hydrogen-bond acceptors (Lipinski definition) is 4. The SMILES string of the molecule is CCc1ccc(NC(=O)Cn2nnc(-c3ccc(F)c(C)c3)n2)cc1. The second kappa shape index (κ2) is 7.21. The molecule has 0 bridgehead atoms. The van der Waals surface area contributed by atoms with Gasteiger partial charge < -0.3 is 5.32 Å². The number of nitrogens with one attached hydrogen (secondary N) is 1. The first-order chi connectivity index (χ1) is 12.0. The Morgan fingerprint density at radius 1 is 1.20 bits per heavy atom. The summed E-state index contributed by atoms with van der Waals surface area (Å²) in [4.78, 5) is 13.3. The van der Waals surface area contributed by atoms with E-state index in [-0.39, 0.29) is 18.3 Å². The normalized spacial score (nSPS) is 10.7. The lowest BCUT2D eigenvalue weighted by Gasteiger charge is -2.05. The maximum absolute atomic E-state index is 13.3. The van der Waals surface area contributed by atoms with Crippen LogP contribution in [0.5, 0.6) is 0 Å². The summed E-state index contributed by atoms with van der Waals surface area (Å²) in [5.41, 5.74) is 3.08. The lowest BCUT2D eigenvalue weighted by molar-refractivity contribution is -0.117. The largest absolute Gasteiger partial charge is 0.324 e. The molecule has 6 nitrogen and oxygen atoms in total. The summed E-state index contributed by atoms with van der Waals surface area (Å²) in [5, 5.41) is 14.8. The first-order valence-corrected chi connectivity index (χ1v) is 7.98. The van der Waals surface area contributed by atoms with E-state index in [4.69, 9.17) is 0 Å². The molecule has 0 aliphatic rings. The molecule has 1 aromatic heterocycles. The maximum atomic E-state index is 13.3. The van der Waals surface area contributed by atoms with Crippen molar-refractivity contribution < 1.29 is 9.18 Å². The van der Waals surface area contributed by atoms with Gasteiger partial charge >= 0.3 is 0 Å². The van der Waals surface area contributed by atoms with E-state index in [0.29, 0.717) is 17.0 Å². The summed E-state index contributed by atoms with van der Waals surface area (Å²) in [6, 6.07) is 12.2. The highest BCUT2D eigenvalue weighted by Gasteiger charge is 2.11. The van der Waals surface area contributed by atoms with Crippen LogP contribution in [0.4, 0.5) is 10.1 Å². The molecule has 0 fully saturated rings. The second-order valence-corrected chi connectivity index (χ2v) is 5.71. The van der Waals surface area contributed by atoms with Gasteiger partial charge in [-0.05, 0) is 60.0 Å². The fourth-order valence-electron chi connectivity index (χ4n) is 2.36. The Bertz CT molecular complexity index is 889. The Morgan fingerprint density at radius 2 is 1.96 bits per heavy atom. The van der Waals surface area contributed by atoms with Gasteiger partial charge in [-0.15, -0.1) is 10.2 Å². The van der Waals surface area contributed by atoms with Gasteiger partial charge in [-0.1, -0.05) is 19.1 Å². The Hall–Kier alpha value is -3.09. The summed E-state index contributed by atoms with van der Waals surface area (Å²) >= 11 is 0. The van der Waals surface area contributed by atoms with Crippen LogP contribution in [0, 0.1) is 12.7 Å². The third-order valence-electron chi connectivity index (χ3n) is 3.80. The highest BCUT2D eigenvalue weighted by Crippen LogP contribution is 2.17. The number of benzene rings is 2. The third kappa shape index (κ3) is 4.06. The molecule has 3 rings (SSSR count). The van der Waals surface area contributed by atoms with Crippen LogP contribution >= 0.6 is 0 Å². The standard InChI is InChI=1S/C18H18FN5O/c1-3-13-4-7-15(8-5-13)20-17(25)11-24-22-18(21-23-24)14-6-9-16(19)12(2)10-14/h4-10H,3,11H2,1-2H3,(H,20,25). The number of anilines is 1. The zero-order valence-corrected chi connectivity index (χ0v) is 14.0. The molecule has 0 unspecified atom stereocenters. The van der Waals surface area contributed by atoms with Crippen molar-refractivity contribution in [3.63, 3.8) is 0 Å². The molecule has 7 heteroatoms. The first kappa shape index (κ1) is 16.8. The van der Waals surface area contributed by atoms with Crippen LogP contribution in [0.15, 0.2) is 42.5 Å². The van der Waals surface area contributed by atoms with Crippen LogP contribution in [-0.4, -0.2) is 26.1 Å². The van der Waals surface area contributed by atoms with Crippen molar-refractivity contribution in [2.75, 3.05) is 5.32 Å². The molecule has 1 heterocycles. The van der Waals surface area contributed by atoms with Gasteiger partial charge in [0.15, 0.2) is 0 Å². The number of tetrazole rings is 1. The van der Waals surface area contributed by atoms with Gasteiger partial charge in [0.25, 0.3) is 0 Å². The molecular formula is C18H18FN5O. The number of aromatic nitrogens is 4. The summed E-state index contributed by atoms with van der Waals surface area (Å²) in [5.74, 6) is -0.184. The molecule has 0 aliphatic heterocycles. The minimum Gasteiger partial charge on any atom is -0.324 e. The second-order valence-electron chi connectivity index (χ2n) is 5.71. The van der Waals surface area contributed by atoms with E-state index in [1.165, 1.54) is 16.4 Å². The Kier molecular flexibility index (Phi) is 4.83. The predicted octanol–water partition coefficient (Wildman–Crippen LogP) is 2.99. The lowest BCUT2D eigenvalue weighted by Crippen LogP contribution is -2.20. The molecule has 0 aliphatic carbocycles. The van der Waals surface area contributed by atoms with Gasteiger partial charge in [0.2, 0.25) is 11.7 Å². The number of amides is 1. The number of carbonyl (C=O) groups excluding carboxylic acids is 1. The molecule has 2 aromatic carbocycles. The van der Waals surface area contributed by atoms with Crippen molar-refractivity contribution >= 4 is 11.6 Å². The lowest BCUT2D eigenvalue weighted by atomic mass is 10.1. The van der Waals surface area contributed by atoms with E-state index in [2.05, 4.69) is 27.7 Å². The van der Waals surface area contributed by atoms with E-state index in [9.17, 15) is 9.18 Å². The first-order valence-electron chi connectivity index (χ1n) is 7.98. The van der Waals surface area contributed by atoms with Crippen LogP contribution in [-0.2, 0) is 17.8 Å². The van der Waals surface area contributed by atoms with Crippen molar-refractivity contribution in [3.05, 3.63) is 59.4 Å². The topological polar surface area (TPSA) is 72.7 Å². The minimum absolute atomic E-state index is 0.0529. The van der Waals surface area contributed by atoms with Gasteiger partial charge in [-0.2, -0.15) is 4.80 Å². The van der Waals surface area contributed by atoms with Gasteiger partial charge in [-0.25, -0.2) is 4.39 Å². The quantitative estimate of drug-likeness (QED) is 0.775. The minimum atomic E-state index is -0.287. The Balaban J connectivity index is 1.65. The molecule has 0 saturated carbocycles. The molecule has 128 valence electrons. The summed E-state index contributed by atoms with van der Waals surface area (Å²) < 4.78 is 13.3. The summed E-state index contributed by atoms with van der Waals surface area (Å²) in [7, 11) is 0. The number of hydrogen-bond donors (Lipinski definition) is 1. The molecule has 1 amide bonds. The Morgan fingerprint density at radius 3 is 2.64 bits per heavy atom. The van der Waals surface area contributed by atoms with Gasteiger partial charge in [0, 0.05) is 11.3 Å². The smallest absolute Gasteiger partial charge is 0.248 e. The predicted molar refractivity (Wildman–Crippen MR) is 92.4 cm³/mol. The fourth-order valence-corrected chi connectivity index (χ4v) is 2.36. The number of rotatable bonds is 5. The van der Waals surface area contributed by atoms with E-state index < -0.39 is 0 Å². The van der Waals surface area contributed by atoms with Crippen LogP contribution < -0.4 is 5.32 Å². The van der Waals surface area contributed by atoms with Crippen molar-refractivity contribution in [1.82, 2.24) is 20.2 Å². The van der Waals surface area contributed by atoms with Crippen LogP contribution in [0.3, 0.4) is 0 Å². The van der Waals surface area contributed by atoms with Crippen molar-refractivity contribution in [1.29, 1.82) is 0 Å². The molecular weight excluding hydrogens is 321 g/mol. The summed E-state index contributed by atoms with van der Waals surface area (Å²) in [6.45, 7) is 3.69. The van der Waals surface area contributed by atoms with E-state index in [0.717, 1.165) is 12.1 Å². The van der Waals surface area contributed by atoms with Gasteiger partial charge in [0.05, 0.1) is 0 Å². The molecule has 3 aromatic rings. The fraction of sp³-hybridized carbons (Fsp3) is 0.222. The third-order valence-corrected chi connectivity index (χ3v) is 3.80. The molecule has 0 spiro atoms. The zero-order valence-electron chi connectivity index (χ0n) is 14.0. The maximum Gasteiger partial charge on any atom is 0.248 e. The highest BCUT2D eigenvalue weighted by atomic mass is 19.1. The van der Waals surface area contributed by atoms with Crippen molar-refractivity contribution in [2.45, 2.75) is 26.8 Å². The molecule has 1 N–H and O–H groups in total. The van der Waals surface area contributed by atoms with Crippen LogP contribution in [0.25, 0.3) is 11.4 Å². The molecule has 0 radical (unpaired) electrons. The van der Waals surface area contributed by atoms with Crippen molar-refractivity contribution in [3.8, 4) is 11.4 Å². The average molecular weight is 339 g/mol. The summed E-state index contributed by atoms with van der Waals surface area (Å²) in [6.07, 6.45) is 0.947. The Labute approximate surface area is 144 Å². The van der Waals surface area contributed by atoms with E-state index in [1.54, 1.807) is 19.1 Å². The van der Waals surface area contributed by atoms with E-state index in [1.807, 2.05) is 24.3 Å². The van der Waals surface area contributed by atoms with Crippen molar-refractivity contribution in [2.24, 2.45) is 0 Å². The number of nitrogens with zero attached hydrogens (tertiary/aromatic N) is 4. The van der Waals surface area contributed by atoms with E-state index >= 15 is 0 Å². The van der Waals surface area contributed by atoms with Crippen LogP contribution in [0.1, 0.15) is 18.1 Å². The zero-order chi connectivity index (χ0) is 17.8. The van der Waals surface area contributed by atoms with Crippen LogP contribution in [0.2, 0.25) is 0 Å². The number of halogens is 1. The highest BCUT2D eigenvalue weighted by molar-refractivity contribution is 5.90. The number of carbonyl (C=O) groups is 1. The van der Waals surface area contributed by atoms with Gasteiger partial charge in [0.1, 0.15) is 12.4 Å². The molecule has 0 saturated heterocycles. The molecule has 0 atom stereocenters. The monoisotopic (exact) mass is 339 g/mol. The van der Waals surface area contributed by atoms with Gasteiger partial charge in [-0.3, -0.25) is 4.79 Å². The molecule has 25 heavy (non-hydrogen) atoms.